The lowest BCUT2D eigenvalue weighted by molar-refractivity contribution is -0.105. The van der Waals surface area contributed by atoms with Crippen LogP contribution in [0, 0.1) is 5.41 Å². The van der Waals surface area contributed by atoms with E-state index in [9.17, 15) is 5.11 Å². The summed E-state index contributed by atoms with van der Waals surface area (Å²) < 4.78 is 10.7. The Kier molecular flexibility index (Phi) is 3.77. The molecular weight excluding hydrogens is 240 g/mol. The number of benzene rings is 1. The van der Waals surface area contributed by atoms with Gasteiger partial charge in [0, 0.05) is 11.6 Å². The minimum atomic E-state index is -0.830. The fourth-order valence-electron chi connectivity index (χ4n) is 3.13. The van der Waals surface area contributed by atoms with Crippen LogP contribution in [0.2, 0.25) is 0 Å². The van der Waals surface area contributed by atoms with Gasteiger partial charge in [-0.2, -0.15) is 0 Å². The SMILES string of the molecule is COc1ccc(C2(O)CCCCC2(C)C)c(OC)c1. The highest BCUT2D eigenvalue weighted by Crippen LogP contribution is 2.52. The molecule has 0 heterocycles. The molecule has 0 aliphatic heterocycles. The Bertz CT molecular complexity index is 453. The average molecular weight is 264 g/mol. The maximum Gasteiger partial charge on any atom is 0.128 e. The van der Waals surface area contributed by atoms with Crippen LogP contribution in [-0.4, -0.2) is 19.3 Å². The predicted octanol–water partition coefficient (Wildman–Crippen LogP) is 3.49. The van der Waals surface area contributed by atoms with E-state index in [0.717, 1.165) is 30.6 Å². The smallest absolute Gasteiger partial charge is 0.128 e. The molecule has 1 N–H and O–H groups in total. The van der Waals surface area contributed by atoms with Crippen molar-refractivity contribution >= 4 is 0 Å². The van der Waals surface area contributed by atoms with E-state index in [2.05, 4.69) is 13.8 Å². The van der Waals surface area contributed by atoms with E-state index in [1.807, 2.05) is 18.2 Å². The van der Waals surface area contributed by atoms with E-state index < -0.39 is 5.60 Å². The first-order valence-electron chi connectivity index (χ1n) is 6.89. The van der Waals surface area contributed by atoms with E-state index in [-0.39, 0.29) is 5.41 Å². The average Bonchev–Trinajstić information content (AvgIpc) is 2.41. The first kappa shape index (κ1) is 14.2. The molecule has 1 unspecified atom stereocenters. The third kappa shape index (κ3) is 2.32. The molecule has 3 nitrogen and oxygen atoms in total. The largest absolute Gasteiger partial charge is 0.497 e. The lowest BCUT2D eigenvalue weighted by Gasteiger charge is -2.47. The molecule has 0 radical (unpaired) electrons. The Labute approximate surface area is 115 Å². The van der Waals surface area contributed by atoms with E-state index in [1.54, 1.807) is 14.2 Å². The number of hydrogen-bond donors (Lipinski definition) is 1. The summed E-state index contributed by atoms with van der Waals surface area (Å²) in [6, 6.07) is 5.67. The van der Waals surface area contributed by atoms with Crippen LogP contribution >= 0.6 is 0 Å². The van der Waals surface area contributed by atoms with Crippen molar-refractivity contribution in [3.8, 4) is 11.5 Å². The van der Waals surface area contributed by atoms with Crippen LogP contribution in [0.25, 0.3) is 0 Å². The quantitative estimate of drug-likeness (QED) is 0.908. The minimum Gasteiger partial charge on any atom is -0.497 e. The molecule has 1 fully saturated rings. The first-order chi connectivity index (χ1) is 8.94. The third-order valence-corrected chi connectivity index (χ3v) is 4.56. The van der Waals surface area contributed by atoms with Crippen molar-refractivity contribution in [2.75, 3.05) is 14.2 Å². The van der Waals surface area contributed by atoms with Gasteiger partial charge in [0.2, 0.25) is 0 Å². The van der Waals surface area contributed by atoms with Gasteiger partial charge in [-0.15, -0.1) is 0 Å². The van der Waals surface area contributed by atoms with Crippen molar-refractivity contribution in [1.29, 1.82) is 0 Å². The first-order valence-corrected chi connectivity index (χ1v) is 6.89. The van der Waals surface area contributed by atoms with Crippen molar-refractivity contribution in [2.24, 2.45) is 5.41 Å². The summed E-state index contributed by atoms with van der Waals surface area (Å²) >= 11 is 0. The molecule has 106 valence electrons. The molecule has 1 aromatic carbocycles. The fourth-order valence-corrected chi connectivity index (χ4v) is 3.13. The van der Waals surface area contributed by atoms with Crippen LogP contribution < -0.4 is 9.47 Å². The Morgan fingerprint density at radius 2 is 1.74 bits per heavy atom. The van der Waals surface area contributed by atoms with Gasteiger partial charge in [0.25, 0.3) is 0 Å². The van der Waals surface area contributed by atoms with Gasteiger partial charge in [0.1, 0.15) is 11.5 Å². The summed E-state index contributed by atoms with van der Waals surface area (Å²) in [6.07, 6.45) is 4.03. The van der Waals surface area contributed by atoms with E-state index in [1.165, 1.54) is 6.42 Å². The van der Waals surface area contributed by atoms with Gasteiger partial charge in [-0.05, 0) is 30.4 Å². The number of ether oxygens (including phenoxy) is 2. The molecule has 0 saturated heterocycles. The van der Waals surface area contributed by atoms with Gasteiger partial charge in [0.15, 0.2) is 0 Å². The van der Waals surface area contributed by atoms with Crippen molar-refractivity contribution < 1.29 is 14.6 Å². The van der Waals surface area contributed by atoms with Gasteiger partial charge in [-0.1, -0.05) is 26.7 Å². The normalized spacial score (nSPS) is 25.9. The topological polar surface area (TPSA) is 38.7 Å². The van der Waals surface area contributed by atoms with Crippen LogP contribution in [0.5, 0.6) is 11.5 Å². The van der Waals surface area contributed by atoms with Crippen LogP contribution in [0.1, 0.15) is 45.1 Å². The maximum atomic E-state index is 11.2. The van der Waals surface area contributed by atoms with E-state index in [0.29, 0.717) is 5.75 Å². The molecule has 19 heavy (non-hydrogen) atoms. The zero-order chi connectivity index (χ0) is 14.1. The predicted molar refractivity (Wildman–Crippen MR) is 75.7 cm³/mol. The summed E-state index contributed by atoms with van der Waals surface area (Å²) in [6.45, 7) is 4.27. The van der Waals surface area contributed by atoms with Gasteiger partial charge in [-0.3, -0.25) is 0 Å². The molecule has 1 aliphatic rings. The molecule has 0 spiro atoms. The molecule has 1 saturated carbocycles. The minimum absolute atomic E-state index is 0.146. The highest BCUT2D eigenvalue weighted by atomic mass is 16.5. The molecule has 2 rings (SSSR count). The maximum absolute atomic E-state index is 11.2. The molecule has 3 heteroatoms. The number of methoxy groups -OCH3 is 2. The summed E-state index contributed by atoms with van der Waals surface area (Å²) in [4.78, 5) is 0. The van der Waals surface area contributed by atoms with Crippen LogP contribution in [0.3, 0.4) is 0 Å². The van der Waals surface area contributed by atoms with Gasteiger partial charge in [-0.25, -0.2) is 0 Å². The lowest BCUT2D eigenvalue weighted by atomic mass is 9.62. The second-order valence-electron chi connectivity index (χ2n) is 6.02. The van der Waals surface area contributed by atoms with E-state index >= 15 is 0 Å². The highest BCUT2D eigenvalue weighted by molar-refractivity contribution is 5.45. The summed E-state index contributed by atoms with van der Waals surface area (Å²) in [5.74, 6) is 1.45. The number of aliphatic hydroxyl groups is 1. The molecular formula is C16H24O3. The van der Waals surface area contributed by atoms with Crippen molar-refractivity contribution in [1.82, 2.24) is 0 Å². The highest BCUT2D eigenvalue weighted by Gasteiger charge is 2.47. The molecule has 1 aromatic rings. The van der Waals surface area contributed by atoms with Crippen LogP contribution in [-0.2, 0) is 5.60 Å². The Balaban J connectivity index is 2.50. The van der Waals surface area contributed by atoms with Crippen molar-refractivity contribution in [2.45, 2.75) is 45.1 Å². The van der Waals surface area contributed by atoms with Crippen LogP contribution in [0.15, 0.2) is 18.2 Å². The summed E-state index contributed by atoms with van der Waals surface area (Å²) in [7, 11) is 3.27. The van der Waals surface area contributed by atoms with Gasteiger partial charge >= 0.3 is 0 Å². The zero-order valence-corrected chi connectivity index (χ0v) is 12.3. The lowest BCUT2D eigenvalue weighted by Crippen LogP contribution is -2.44. The van der Waals surface area contributed by atoms with Crippen molar-refractivity contribution in [3.63, 3.8) is 0 Å². The molecule has 1 aliphatic carbocycles. The fraction of sp³-hybridized carbons (Fsp3) is 0.625. The van der Waals surface area contributed by atoms with E-state index in [4.69, 9.17) is 9.47 Å². The Hall–Kier alpha value is -1.22. The third-order valence-electron chi connectivity index (χ3n) is 4.56. The Morgan fingerprint density at radius 3 is 2.32 bits per heavy atom. The van der Waals surface area contributed by atoms with Gasteiger partial charge < -0.3 is 14.6 Å². The second kappa shape index (κ2) is 5.04. The second-order valence-corrected chi connectivity index (χ2v) is 6.02. The summed E-state index contributed by atoms with van der Waals surface area (Å²) in [5, 5.41) is 11.2. The zero-order valence-electron chi connectivity index (χ0n) is 12.3. The Morgan fingerprint density at radius 1 is 1.05 bits per heavy atom. The van der Waals surface area contributed by atoms with Crippen molar-refractivity contribution in [3.05, 3.63) is 23.8 Å². The monoisotopic (exact) mass is 264 g/mol. The molecule has 0 aromatic heterocycles. The number of hydrogen-bond acceptors (Lipinski definition) is 3. The summed E-state index contributed by atoms with van der Waals surface area (Å²) in [5.41, 5.74) is -0.101. The number of rotatable bonds is 3. The van der Waals surface area contributed by atoms with Crippen LogP contribution in [0.4, 0.5) is 0 Å². The standard InChI is InChI=1S/C16H24O3/c1-15(2)9-5-6-10-16(15,17)13-8-7-12(18-3)11-14(13)19-4/h7-8,11,17H,5-6,9-10H2,1-4H3. The molecule has 0 amide bonds. The molecule has 0 bridgehead atoms. The van der Waals surface area contributed by atoms with Gasteiger partial charge in [0.05, 0.1) is 19.8 Å². The molecule has 1 atom stereocenters.